The van der Waals surface area contributed by atoms with Crippen molar-refractivity contribution < 1.29 is 8.42 Å². The van der Waals surface area contributed by atoms with Gasteiger partial charge in [-0.1, -0.05) is 0 Å². The van der Waals surface area contributed by atoms with Crippen LogP contribution in [-0.2, 0) is 10.9 Å². The van der Waals surface area contributed by atoms with Crippen LogP contribution in [0, 0.1) is 0 Å². The predicted octanol–water partition coefficient (Wildman–Crippen LogP) is -2.94. The Labute approximate surface area is 77.6 Å². The molecule has 0 aromatic carbocycles. The second kappa shape index (κ2) is 6.44. The van der Waals surface area contributed by atoms with Gasteiger partial charge in [-0.15, -0.1) is 0 Å². The van der Waals surface area contributed by atoms with Crippen LogP contribution in [0.3, 0.4) is 0 Å². The molecule has 0 unspecified atom stereocenters. The quantitative estimate of drug-likeness (QED) is 0.197. The molecule has 6 heteroatoms. The molecule has 0 fully saturated rings. The van der Waals surface area contributed by atoms with Crippen LogP contribution in [0.2, 0.25) is 0 Å². The average molecular weight is 235 g/mol. The Morgan fingerprint density at radius 3 is 1.67 bits per heavy atom. The molecule has 0 aromatic heterocycles. The van der Waals surface area contributed by atoms with Gasteiger partial charge in [-0.25, -0.2) is 8.42 Å². The molecule has 0 amide bonds. The van der Waals surface area contributed by atoms with Gasteiger partial charge < -0.3 is 0 Å². The molecule has 0 aromatic rings. The molecule has 36 valence electrons. The van der Waals surface area contributed by atoms with Gasteiger partial charge in [0.15, 0.2) is 0 Å². The fourth-order valence-electron chi connectivity index (χ4n) is 0. The van der Waals surface area contributed by atoms with Crippen molar-refractivity contribution in [1.29, 1.82) is 0 Å². The molecule has 0 aliphatic carbocycles. The number of rotatable bonds is 1. The molecule has 0 atom stereocenters. The van der Waals surface area contributed by atoms with Crippen LogP contribution in [0.4, 0.5) is 0 Å². The minimum atomic E-state index is -2.57. The second-order valence-electron chi connectivity index (χ2n) is 0.386. The van der Waals surface area contributed by atoms with Gasteiger partial charge in [0.1, 0.15) is 0 Å². The van der Waals surface area contributed by atoms with Crippen molar-refractivity contribution in [2.24, 2.45) is 5.84 Å². The summed E-state index contributed by atoms with van der Waals surface area (Å²) in [5.41, 5.74) is 0. The number of hydrogen-bond donors (Lipinski definition) is 3. The van der Waals surface area contributed by atoms with E-state index < -0.39 is 10.9 Å². The van der Waals surface area contributed by atoms with Crippen LogP contribution >= 0.6 is 0 Å². The third-order valence-electron chi connectivity index (χ3n) is 0.105. The maximum atomic E-state index is 9.17. The zero-order chi connectivity index (χ0) is 4.28. The van der Waals surface area contributed by atoms with Gasteiger partial charge in [0.2, 0.25) is 10.9 Å². The Balaban J connectivity index is 0. The topological polar surface area (TPSA) is 72.2 Å². The average Bonchev–Trinajstić information content (AvgIpc) is 1.38. The number of nitrogens with one attached hydrogen (secondary N) is 1. The summed E-state index contributed by atoms with van der Waals surface area (Å²) in [4.78, 5) is 1.48. The van der Waals surface area contributed by atoms with Crippen LogP contribution in [-0.4, -0.2) is 57.3 Å². The first-order chi connectivity index (χ1) is 2.27. The Morgan fingerprint density at radius 2 is 1.67 bits per heavy atom. The van der Waals surface area contributed by atoms with Crippen molar-refractivity contribution in [3.05, 3.63) is 0 Å². The fraction of sp³-hybridized carbons (Fsp3) is 0. The van der Waals surface area contributed by atoms with Crippen LogP contribution < -0.4 is 10.7 Å². The molecule has 0 aliphatic heterocycles. The van der Waals surface area contributed by atoms with Crippen molar-refractivity contribution in [2.45, 2.75) is 0 Å². The van der Waals surface area contributed by atoms with Crippen LogP contribution in [0.5, 0.6) is 0 Å². The van der Waals surface area contributed by atoms with E-state index in [0.717, 1.165) is 0 Å². The van der Waals surface area contributed by atoms with Crippen LogP contribution in [0.1, 0.15) is 0 Å². The zero-order valence-corrected chi connectivity index (χ0v) is 3.24. The van der Waals surface area contributed by atoms with E-state index in [9.17, 15) is 0 Å². The second-order valence-corrected chi connectivity index (χ2v) is 1.16. The third kappa shape index (κ3) is 9.06. The van der Waals surface area contributed by atoms with Crippen molar-refractivity contribution in [1.82, 2.24) is 4.83 Å². The molecule has 0 saturated carbocycles. The van der Waals surface area contributed by atoms with Crippen molar-refractivity contribution >= 4 is 59.8 Å². The SMILES string of the molecule is NN[SH](=O)=O.[BaH2]. The van der Waals surface area contributed by atoms with Crippen molar-refractivity contribution in [3.63, 3.8) is 0 Å². The first-order valence-electron chi connectivity index (χ1n) is 0.877. The normalized spacial score (nSPS) is 7.67. The molecule has 0 aliphatic rings. The third-order valence-corrected chi connectivity index (χ3v) is 0.316. The summed E-state index contributed by atoms with van der Waals surface area (Å²) in [5, 5.41) is 0. The van der Waals surface area contributed by atoms with E-state index >= 15 is 0 Å². The number of thiol groups is 1. The summed E-state index contributed by atoms with van der Waals surface area (Å²) >= 11 is 0. The van der Waals surface area contributed by atoms with Gasteiger partial charge in [-0.3, -0.25) is 5.84 Å². The molecule has 0 saturated heterocycles. The van der Waals surface area contributed by atoms with E-state index in [1.807, 2.05) is 0 Å². The zero-order valence-electron chi connectivity index (χ0n) is 2.34. The summed E-state index contributed by atoms with van der Waals surface area (Å²) in [5.74, 6) is 4.33. The predicted molar refractivity (Wildman–Crippen MR) is 26.2 cm³/mol. The molecule has 4 nitrogen and oxygen atoms in total. The summed E-state index contributed by atoms with van der Waals surface area (Å²) in [6, 6.07) is 0. The molecular formula is H6BaN2O2S. The monoisotopic (exact) mass is 236 g/mol. The van der Waals surface area contributed by atoms with E-state index in [4.69, 9.17) is 8.42 Å². The number of nitrogens with two attached hydrogens (primary N) is 1. The summed E-state index contributed by atoms with van der Waals surface area (Å²) in [7, 11) is -2.57. The Hall–Kier alpha value is 1.44. The summed E-state index contributed by atoms with van der Waals surface area (Å²) < 4.78 is 18.3. The van der Waals surface area contributed by atoms with Gasteiger partial charge in [0, 0.05) is 0 Å². The Morgan fingerprint density at radius 1 is 1.50 bits per heavy atom. The molecule has 6 heavy (non-hydrogen) atoms. The van der Waals surface area contributed by atoms with Gasteiger partial charge in [0.05, 0.1) is 0 Å². The molecular weight excluding hydrogens is 229 g/mol. The molecule has 0 bridgehead atoms. The van der Waals surface area contributed by atoms with Crippen LogP contribution in [0.15, 0.2) is 0 Å². The van der Waals surface area contributed by atoms with Gasteiger partial charge in [-0.05, 0) is 0 Å². The van der Waals surface area contributed by atoms with E-state index in [-0.39, 0.29) is 48.9 Å². The van der Waals surface area contributed by atoms with E-state index in [1.165, 1.54) is 4.83 Å². The molecule has 0 heterocycles. The van der Waals surface area contributed by atoms with E-state index in [2.05, 4.69) is 5.84 Å². The molecule has 3 N–H and O–H groups in total. The minimum absolute atomic E-state index is 0. The number of hydrazine groups is 1. The first kappa shape index (κ1) is 10.4. The molecule has 0 radical (unpaired) electrons. The first-order valence-corrected chi connectivity index (χ1v) is 2.05. The Kier molecular flexibility index (Phi) is 11.2. The van der Waals surface area contributed by atoms with Crippen molar-refractivity contribution in [3.8, 4) is 0 Å². The van der Waals surface area contributed by atoms with E-state index in [1.54, 1.807) is 0 Å². The van der Waals surface area contributed by atoms with E-state index in [0.29, 0.717) is 0 Å². The van der Waals surface area contributed by atoms with Gasteiger partial charge in [0.25, 0.3) is 0 Å². The maximum absolute atomic E-state index is 9.17. The van der Waals surface area contributed by atoms with Crippen molar-refractivity contribution in [2.75, 3.05) is 0 Å². The number of hydrogen-bond acceptors (Lipinski definition) is 3. The van der Waals surface area contributed by atoms with Gasteiger partial charge in [-0.2, -0.15) is 4.83 Å². The molecule has 0 spiro atoms. The Bertz CT molecular complexity index is 69.6. The summed E-state index contributed by atoms with van der Waals surface area (Å²) in [6.45, 7) is 0. The standard InChI is InChI=1S/Ba.H4N2O2S.2H/c;1-2-5(3)4;;/h;5H,1H2,(H,2,3,4);;. The van der Waals surface area contributed by atoms with Gasteiger partial charge >= 0.3 is 48.9 Å². The molecule has 0 rings (SSSR count). The fourth-order valence-corrected chi connectivity index (χ4v) is 0. The summed E-state index contributed by atoms with van der Waals surface area (Å²) in [6.07, 6.45) is 0. The van der Waals surface area contributed by atoms with Crippen LogP contribution in [0.25, 0.3) is 0 Å².